The van der Waals surface area contributed by atoms with Gasteiger partial charge in [0.15, 0.2) is 9.84 Å². The molecule has 0 aliphatic carbocycles. The van der Waals surface area contributed by atoms with Gasteiger partial charge in [-0.05, 0) is 65.7 Å². The molecule has 6 rings (SSSR count). The van der Waals surface area contributed by atoms with Crippen molar-refractivity contribution in [3.05, 3.63) is 125 Å². The number of sulfonamides is 1. The molecule has 0 unspecified atom stereocenters. The zero-order valence-corrected chi connectivity index (χ0v) is 31.7. The number of methoxy groups -OCH3 is 1. The molecule has 0 saturated carbocycles. The van der Waals surface area contributed by atoms with E-state index in [4.69, 9.17) is 31.5 Å². The van der Waals surface area contributed by atoms with E-state index in [0.29, 0.717) is 45.2 Å². The van der Waals surface area contributed by atoms with Crippen LogP contribution in [0.25, 0.3) is 21.8 Å². The van der Waals surface area contributed by atoms with Gasteiger partial charge in [-0.1, -0.05) is 48.9 Å². The topological polar surface area (TPSA) is 168 Å². The molecule has 1 amide bonds. The molecule has 12 nitrogen and oxygen atoms in total. The standard InChI is InChI=1S/C20H19ClN2O5S.C18H18N2O3S/c1-3-29(25,26)11-12-4-5-13(8-16(12)21)28-18-6-7-23-17-10-19(27-2)15(20(22)24)9-14(17)18;1-20(2)24(21,22)13-14-7-9-15(10-8-14)23-18-11-12-19-17-6-4-3-5-16(17)18/h4-10H,3,11H2,1-2H3,(H2,22,24);3-12H,13H2,1-2H3. The zero-order valence-electron chi connectivity index (χ0n) is 29.3. The SMILES string of the molecule is CCS(=O)(=O)Cc1ccc(Oc2ccnc3cc(OC)c(C(N)=O)cc23)cc1Cl.CN(C)S(=O)(=O)Cc1ccc(Oc2ccnc3ccccc23)cc1. The maximum Gasteiger partial charge on any atom is 0.252 e. The lowest BCUT2D eigenvalue weighted by Gasteiger charge is -2.13. The first-order chi connectivity index (χ1) is 25.2. The van der Waals surface area contributed by atoms with Gasteiger partial charge in [-0.2, -0.15) is 0 Å². The summed E-state index contributed by atoms with van der Waals surface area (Å²) in [7, 11) is -1.97. The van der Waals surface area contributed by atoms with E-state index >= 15 is 0 Å². The first kappa shape index (κ1) is 38.9. The number of primary amides is 1. The second-order valence-electron chi connectivity index (χ2n) is 11.9. The number of benzene rings is 4. The van der Waals surface area contributed by atoms with Crippen molar-refractivity contribution in [2.45, 2.75) is 18.4 Å². The minimum Gasteiger partial charge on any atom is -0.496 e. The summed E-state index contributed by atoms with van der Waals surface area (Å²) in [5.41, 5.74) is 8.28. The van der Waals surface area contributed by atoms with Gasteiger partial charge >= 0.3 is 0 Å². The van der Waals surface area contributed by atoms with E-state index in [1.165, 1.54) is 25.5 Å². The second-order valence-corrected chi connectivity index (χ2v) is 16.8. The second kappa shape index (κ2) is 16.6. The van der Waals surface area contributed by atoms with E-state index in [1.54, 1.807) is 80.0 Å². The number of aromatic nitrogens is 2. The Labute approximate surface area is 313 Å². The Balaban J connectivity index is 0.000000208. The van der Waals surface area contributed by atoms with Gasteiger partial charge in [0.2, 0.25) is 10.0 Å². The van der Waals surface area contributed by atoms with Crippen LogP contribution in [0.15, 0.2) is 103 Å². The molecule has 53 heavy (non-hydrogen) atoms. The largest absolute Gasteiger partial charge is 0.496 e. The first-order valence-electron chi connectivity index (χ1n) is 16.1. The van der Waals surface area contributed by atoms with Gasteiger partial charge in [-0.15, -0.1) is 0 Å². The van der Waals surface area contributed by atoms with E-state index in [2.05, 4.69) is 9.97 Å². The van der Waals surface area contributed by atoms with Crippen LogP contribution in [0.3, 0.4) is 0 Å². The van der Waals surface area contributed by atoms with Gasteiger partial charge in [0.25, 0.3) is 5.91 Å². The molecule has 6 aromatic rings. The van der Waals surface area contributed by atoms with Gasteiger partial charge in [0.1, 0.15) is 28.7 Å². The van der Waals surface area contributed by atoms with Gasteiger partial charge in [-0.25, -0.2) is 21.1 Å². The number of pyridine rings is 2. The molecule has 0 aliphatic heterocycles. The van der Waals surface area contributed by atoms with E-state index in [1.807, 2.05) is 30.3 Å². The van der Waals surface area contributed by atoms with Crippen LogP contribution in [0.1, 0.15) is 28.4 Å². The number of hydrogen-bond acceptors (Lipinski definition) is 10. The monoisotopic (exact) mass is 776 g/mol. The Bertz CT molecular complexity index is 2490. The Morgan fingerprint density at radius 3 is 2.00 bits per heavy atom. The van der Waals surface area contributed by atoms with E-state index < -0.39 is 25.8 Å². The highest BCUT2D eigenvalue weighted by atomic mass is 35.5. The number of carbonyl (C=O) groups is 1. The highest BCUT2D eigenvalue weighted by Crippen LogP contribution is 2.35. The summed E-state index contributed by atoms with van der Waals surface area (Å²) < 4.78 is 65.8. The lowest BCUT2D eigenvalue weighted by atomic mass is 10.1. The van der Waals surface area contributed by atoms with Crippen LogP contribution in [0, 0.1) is 0 Å². The molecule has 0 aliphatic rings. The molecule has 4 aromatic carbocycles. The summed E-state index contributed by atoms with van der Waals surface area (Å²) in [5.74, 6) is 1.77. The normalized spacial score (nSPS) is 11.6. The number of fused-ring (bicyclic) bond motifs is 2. The fourth-order valence-corrected chi connectivity index (χ4v) is 7.17. The molecule has 0 spiro atoms. The quantitative estimate of drug-likeness (QED) is 0.135. The van der Waals surface area contributed by atoms with Crippen LogP contribution >= 0.6 is 11.6 Å². The highest BCUT2D eigenvalue weighted by molar-refractivity contribution is 7.90. The Hall–Kier alpha value is -5.28. The zero-order chi connectivity index (χ0) is 38.3. The number of nitrogens with two attached hydrogens (primary N) is 1. The van der Waals surface area contributed by atoms with Crippen molar-refractivity contribution < 1.29 is 35.8 Å². The number of nitrogens with zero attached hydrogens (tertiary/aromatic N) is 3. The van der Waals surface area contributed by atoms with Crippen LogP contribution in [-0.2, 0) is 31.4 Å². The minimum atomic E-state index is -3.27. The molecule has 2 aromatic heterocycles. The third kappa shape index (κ3) is 9.78. The van der Waals surface area contributed by atoms with E-state index in [0.717, 1.165) is 16.5 Å². The molecule has 0 atom stereocenters. The van der Waals surface area contributed by atoms with Crippen LogP contribution < -0.4 is 19.9 Å². The number of para-hydroxylation sites is 1. The van der Waals surface area contributed by atoms with Crippen molar-refractivity contribution in [2.75, 3.05) is 27.0 Å². The highest BCUT2D eigenvalue weighted by Gasteiger charge is 2.17. The Kier molecular flexibility index (Phi) is 12.2. The average Bonchev–Trinajstić information content (AvgIpc) is 3.13. The molecule has 0 bridgehead atoms. The van der Waals surface area contributed by atoms with Crippen LogP contribution in [0.4, 0.5) is 0 Å². The summed E-state index contributed by atoms with van der Waals surface area (Å²) in [5, 5.41) is 1.78. The van der Waals surface area contributed by atoms with E-state index in [-0.39, 0.29) is 27.8 Å². The molecular formula is C38H37ClN4O8S2. The lowest BCUT2D eigenvalue weighted by Crippen LogP contribution is -2.23. The van der Waals surface area contributed by atoms with Crippen molar-refractivity contribution in [1.29, 1.82) is 0 Å². The maximum absolute atomic E-state index is 11.9. The van der Waals surface area contributed by atoms with Gasteiger partial charge in [-0.3, -0.25) is 14.8 Å². The molecule has 0 fully saturated rings. The number of ether oxygens (including phenoxy) is 3. The van der Waals surface area contributed by atoms with E-state index in [9.17, 15) is 21.6 Å². The fraction of sp³-hybridized carbons (Fsp3) is 0.184. The van der Waals surface area contributed by atoms with Gasteiger partial charge in [0.05, 0.1) is 35.2 Å². The van der Waals surface area contributed by atoms with Crippen LogP contribution in [-0.4, -0.2) is 64.0 Å². The third-order valence-electron chi connectivity index (χ3n) is 8.02. The molecule has 15 heteroatoms. The molecular weight excluding hydrogens is 740 g/mol. The number of sulfone groups is 1. The smallest absolute Gasteiger partial charge is 0.252 e. The number of hydrogen-bond donors (Lipinski definition) is 1. The lowest BCUT2D eigenvalue weighted by molar-refractivity contribution is 0.0997. The summed E-state index contributed by atoms with van der Waals surface area (Å²) >= 11 is 6.25. The van der Waals surface area contributed by atoms with Crippen molar-refractivity contribution in [3.63, 3.8) is 0 Å². The van der Waals surface area contributed by atoms with Crippen molar-refractivity contribution >= 4 is 59.2 Å². The van der Waals surface area contributed by atoms with Crippen molar-refractivity contribution in [2.24, 2.45) is 5.73 Å². The number of amides is 1. The summed E-state index contributed by atoms with van der Waals surface area (Å²) in [6.07, 6.45) is 3.26. The summed E-state index contributed by atoms with van der Waals surface area (Å²) in [6.45, 7) is 1.59. The Morgan fingerprint density at radius 1 is 0.755 bits per heavy atom. The van der Waals surface area contributed by atoms with Crippen molar-refractivity contribution in [3.8, 4) is 28.7 Å². The molecule has 2 N–H and O–H groups in total. The average molecular weight is 777 g/mol. The minimum absolute atomic E-state index is 0.0293. The van der Waals surface area contributed by atoms with Crippen LogP contribution in [0.5, 0.6) is 28.7 Å². The van der Waals surface area contributed by atoms with Gasteiger partial charge < -0.3 is 19.9 Å². The maximum atomic E-state index is 11.9. The van der Waals surface area contributed by atoms with Crippen LogP contribution in [0.2, 0.25) is 5.02 Å². The predicted octanol–water partition coefficient (Wildman–Crippen LogP) is 7.14. The third-order valence-corrected chi connectivity index (χ3v) is 11.8. The molecule has 276 valence electrons. The molecule has 0 saturated heterocycles. The van der Waals surface area contributed by atoms with Gasteiger partial charge in [0, 0.05) is 54.1 Å². The van der Waals surface area contributed by atoms with Crippen molar-refractivity contribution in [1.82, 2.24) is 14.3 Å². The molecule has 0 radical (unpaired) electrons. The fourth-order valence-electron chi connectivity index (χ4n) is 5.05. The summed E-state index contributed by atoms with van der Waals surface area (Å²) in [6, 6.07) is 26.2. The molecule has 2 heterocycles. The summed E-state index contributed by atoms with van der Waals surface area (Å²) in [4.78, 5) is 20.3. The Morgan fingerprint density at radius 2 is 1.38 bits per heavy atom. The predicted molar refractivity (Wildman–Crippen MR) is 206 cm³/mol. The number of halogens is 1. The first-order valence-corrected chi connectivity index (χ1v) is 19.9. The number of rotatable bonds is 12. The number of carbonyl (C=O) groups excluding carboxylic acids is 1.